The Kier molecular flexibility index (Phi) is 4.80. The Morgan fingerprint density at radius 2 is 1.31 bits per heavy atom. The van der Waals surface area contributed by atoms with Crippen LogP contribution in [0.3, 0.4) is 0 Å². The highest BCUT2D eigenvalue weighted by molar-refractivity contribution is 7.26. The topological polar surface area (TPSA) is 3.24 Å². The lowest BCUT2D eigenvalue weighted by molar-refractivity contribution is 0.660. The molecule has 0 saturated heterocycles. The number of hydrogen-bond donors (Lipinski definition) is 0. The summed E-state index contributed by atoms with van der Waals surface area (Å²) in [6.45, 7) is 4.70. The van der Waals surface area contributed by atoms with Crippen LogP contribution in [0, 0.1) is 0 Å². The lowest BCUT2D eigenvalue weighted by Gasteiger charge is -2.29. The van der Waals surface area contributed by atoms with Gasteiger partial charge in [0.05, 0.1) is 5.69 Å². The summed E-state index contributed by atoms with van der Waals surface area (Å²) in [4.78, 5) is 2.45. The van der Waals surface area contributed by atoms with Gasteiger partial charge in [-0.2, -0.15) is 0 Å². The first-order chi connectivity index (χ1) is 19.1. The molecule has 1 aliphatic carbocycles. The standard InChI is InChI=1S/C37H27NS/c1-37(2)31-15-8-6-14-29(31)35-32(37)16-10-17-33(35)38(25-11-4-3-5-12-25)26-21-19-24-20-22-28-27-13-7-9-18-34(27)39-36(28)30(24)23-26/h3-23H,1-2H3. The van der Waals surface area contributed by atoms with E-state index in [2.05, 4.69) is 146 Å². The maximum atomic E-state index is 2.45. The molecule has 39 heavy (non-hydrogen) atoms. The first-order valence-corrected chi connectivity index (χ1v) is 14.4. The van der Waals surface area contributed by atoms with E-state index in [0.29, 0.717) is 0 Å². The zero-order valence-electron chi connectivity index (χ0n) is 22.0. The summed E-state index contributed by atoms with van der Waals surface area (Å²) in [5, 5.41) is 5.25. The summed E-state index contributed by atoms with van der Waals surface area (Å²) in [6.07, 6.45) is 0. The maximum Gasteiger partial charge on any atom is 0.0543 e. The van der Waals surface area contributed by atoms with Crippen molar-refractivity contribution in [1.29, 1.82) is 0 Å². The molecule has 6 aromatic carbocycles. The molecule has 1 aliphatic rings. The summed E-state index contributed by atoms with van der Waals surface area (Å²) in [6, 6.07) is 46.8. The third-order valence-corrected chi connectivity index (χ3v) is 9.66. The van der Waals surface area contributed by atoms with Gasteiger partial charge in [-0.05, 0) is 58.5 Å². The fourth-order valence-corrected chi connectivity index (χ4v) is 7.78. The van der Waals surface area contributed by atoms with E-state index in [-0.39, 0.29) is 5.41 Å². The third kappa shape index (κ3) is 3.25. The second-order valence-electron chi connectivity index (χ2n) is 11.0. The van der Waals surface area contributed by atoms with Gasteiger partial charge in [0.1, 0.15) is 0 Å². The summed E-state index contributed by atoms with van der Waals surface area (Å²) >= 11 is 1.90. The highest BCUT2D eigenvalue weighted by Gasteiger charge is 2.37. The Morgan fingerprint density at radius 1 is 0.564 bits per heavy atom. The van der Waals surface area contributed by atoms with E-state index >= 15 is 0 Å². The second kappa shape index (κ2) is 8.30. The number of fused-ring (bicyclic) bond motifs is 8. The summed E-state index contributed by atoms with van der Waals surface area (Å²) in [5.74, 6) is 0. The average molecular weight is 518 g/mol. The van der Waals surface area contributed by atoms with Gasteiger partial charge in [0, 0.05) is 47.9 Å². The van der Waals surface area contributed by atoms with Crippen molar-refractivity contribution in [2.75, 3.05) is 4.90 Å². The number of thiophene rings is 1. The minimum atomic E-state index is -0.0447. The van der Waals surface area contributed by atoms with Crippen LogP contribution in [0.5, 0.6) is 0 Å². The molecule has 1 heterocycles. The number of anilines is 3. The summed E-state index contributed by atoms with van der Waals surface area (Å²) < 4.78 is 2.69. The van der Waals surface area contributed by atoms with Crippen LogP contribution in [-0.4, -0.2) is 0 Å². The van der Waals surface area contributed by atoms with Gasteiger partial charge in [-0.1, -0.05) is 105 Å². The molecule has 2 heteroatoms. The molecule has 0 fully saturated rings. The first kappa shape index (κ1) is 22.6. The zero-order chi connectivity index (χ0) is 26.1. The van der Waals surface area contributed by atoms with Crippen molar-refractivity contribution < 1.29 is 0 Å². The molecule has 0 bridgehead atoms. The Labute approximate surface area is 232 Å². The van der Waals surface area contributed by atoms with Crippen LogP contribution in [0.15, 0.2) is 127 Å². The van der Waals surface area contributed by atoms with Crippen LogP contribution in [-0.2, 0) is 5.41 Å². The van der Waals surface area contributed by atoms with Crippen LogP contribution in [0.2, 0.25) is 0 Å². The molecule has 0 spiro atoms. The Balaban J connectivity index is 1.42. The number of nitrogens with zero attached hydrogens (tertiary/aromatic N) is 1. The molecular formula is C37H27NS. The smallest absolute Gasteiger partial charge is 0.0543 e. The number of benzene rings is 6. The molecular weight excluding hydrogens is 490 g/mol. The number of para-hydroxylation sites is 1. The lowest BCUT2D eigenvalue weighted by Crippen LogP contribution is -2.16. The SMILES string of the molecule is CC1(C)c2ccccc2-c2c(N(c3ccccc3)c3ccc4ccc5c6ccccc6sc5c4c3)cccc21. The van der Waals surface area contributed by atoms with Gasteiger partial charge in [0.15, 0.2) is 0 Å². The van der Waals surface area contributed by atoms with Crippen molar-refractivity contribution in [3.05, 3.63) is 139 Å². The van der Waals surface area contributed by atoms with E-state index in [1.54, 1.807) is 0 Å². The van der Waals surface area contributed by atoms with Crippen molar-refractivity contribution in [1.82, 2.24) is 0 Å². The average Bonchev–Trinajstić information content (AvgIpc) is 3.47. The monoisotopic (exact) mass is 517 g/mol. The Morgan fingerprint density at radius 3 is 2.21 bits per heavy atom. The van der Waals surface area contributed by atoms with E-state index < -0.39 is 0 Å². The van der Waals surface area contributed by atoms with Gasteiger partial charge in [-0.25, -0.2) is 0 Å². The summed E-state index contributed by atoms with van der Waals surface area (Å²) in [7, 11) is 0. The van der Waals surface area contributed by atoms with Gasteiger partial charge < -0.3 is 4.90 Å². The maximum absolute atomic E-state index is 2.45. The molecule has 0 N–H and O–H groups in total. The molecule has 0 amide bonds. The molecule has 0 radical (unpaired) electrons. The van der Waals surface area contributed by atoms with E-state index in [4.69, 9.17) is 0 Å². The quantitative estimate of drug-likeness (QED) is 0.225. The van der Waals surface area contributed by atoms with Gasteiger partial charge in [-0.3, -0.25) is 0 Å². The van der Waals surface area contributed by atoms with Crippen molar-refractivity contribution in [3.8, 4) is 11.1 Å². The van der Waals surface area contributed by atoms with Crippen LogP contribution in [0.4, 0.5) is 17.1 Å². The molecule has 7 aromatic rings. The molecule has 1 nitrogen and oxygen atoms in total. The number of rotatable bonds is 3. The van der Waals surface area contributed by atoms with Crippen LogP contribution >= 0.6 is 11.3 Å². The molecule has 8 rings (SSSR count). The normalized spacial score (nSPS) is 13.6. The largest absolute Gasteiger partial charge is 0.310 e. The van der Waals surface area contributed by atoms with Crippen molar-refractivity contribution in [3.63, 3.8) is 0 Å². The van der Waals surface area contributed by atoms with Gasteiger partial charge in [-0.15, -0.1) is 11.3 Å². The van der Waals surface area contributed by atoms with Crippen molar-refractivity contribution in [2.24, 2.45) is 0 Å². The van der Waals surface area contributed by atoms with Crippen LogP contribution < -0.4 is 4.90 Å². The minimum absolute atomic E-state index is 0.0447. The zero-order valence-corrected chi connectivity index (χ0v) is 22.8. The van der Waals surface area contributed by atoms with Crippen molar-refractivity contribution in [2.45, 2.75) is 19.3 Å². The fourth-order valence-electron chi connectivity index (χ4n) is 6.56. The fraction of sp³-hybridized carbons (Fsp3) is 0.0811. The predicted molar refractivity (Wildman–Crippen MR) is 169 cm³/mol. The number of hydrogen-bond acceptors (Lipinski definition) is 2. The molecule has 0 unspecified atom stereocenters. The van der Waals surface area contributed by atoms with E-state index in [1.165, 1.54) is 64.6 Å². The highest BCUT2D eigenvalue weighted by Crippen LogP contribution is 2.54. The Bertz CT molecular complexity index is 2050. The lowest BCUT2D eigenvalue weighted by atomic mass is 9.82. The highest BCUT2D eigenvalue weighted by atomic mass is 32.1. The predicted octanol–water partition coefficient (Wildman–Crippen LogP) is 11.0. The van der Waals surface area contributed by atoms with Gasteiger partial charge >= 0.3 is 0 Å². The summed E-state index contributed by atoms with van der Waals surface area (Å²) in [5.41, 5.74) is 8.96. The molecule has 186 valence electrons. The second-order valence-corrected chi connectivity index (χ2v) is 12.0. The van der Waals surface area contributed by atoms with E-state index in [0.717, 1.165) is 5.69 Å². The van der Waals surface area contributed by atoms with Crippen LogP contribution in [0.1, 0.15) is 25.0 Å². The third-order valence-electron chi connectivity index (χ3n) is 8.44. The van der Waals surface area contributed by atoms with E-state index in [1.807, 2.05) is 11.3 Å². The minimum Gasteiger partial charge on any atom is -0.310 e. The van der Waals surface area contributed by atoms with E-state index in [9.17, 15) is 0 Å². The Hall–Kier alpha value is -4.40. The van der Waals surface area contributed by atoms with Gasteiger partial charge in [0.25, 0.3) is 0 Å². The van der Waals surface area contributed by atoms with Gasteiger partial charge in [0.2, 0.25) is 0 Å². The molecule has 0 atom stereocenters. The molecule has 0 aliphatic heterocycles. The van der Waals surface area contributed by atoms with Crippen LogP contribution in [0.25, 0.3) is 42.1 Å². The van der Waals surface area contributed by atoms with Crippen molar-refractivity contribution >= 4 is 59.3 Å². The first-order valence-electron chi connectivity index (χ1n) is 13.5. The molecule has 0 saturated carbocycles. The molecule has 1 aromatic heterocycles.